The van der Waals surface area contributed by atoms with E-state index in [4.69, 9.17) is 9.47 Å². The van der Waals surface area contributed by atoms with Crippen molar-refractivity contribution in [3.8, 4) is 0 Å². The Morgan fingerprint density at radius 3 is 2.29 bits per heavy atom. The minimum absolute atomic E-state index is 0.345. The van der Waals surface area contributed by atoms with Gasteiger partial charge in [-0.1, -0.05) is 60.7 Å². The van der Waals surface area contributed by atoms with Gasteiger partial charge in [0, 0.05) is 39.3 Å². The van der Waals surface area contributed by atoms with Gasteiger partial charge in [0.15, 0.2) is 0 Å². The number of hydrogen-bond donors (Lipinski definition) is 1. The molecular formula is C23H32N2O3. The smallest absolute Gasteiger partial charge is 0.0900 e. The summed E-state index contributed by atoms with van der Waals surface area (Å²) < 4.78 is 11.2. The van der Waals surface area contributed by atoms with E-state index in [1.807, 2.05) is 36.4 Å². The maximum atomic E-state index is 10.5. The monoisotopic (exact) mass is 384 g/mol. The van der Waals surface area contributed by atoms with Gasteiger partial charge >= 0.3 is 0 Å². The SMILES string of the molecule is O[C@H](COCc1ccccc1)CN(CCN1CCOCC1)Cc1ccccc1. The molecule has 0 bridgehead atoms. The molecule has 28 heavy (non-hydrogen) atoms. The Morgan fingerprint density at radius 1 is 0.964 bits per heavy atom. The van der Waals surface area contributed by atoms with Crippen molar-refractivity contribution in [1.29, 1.82) is 0 Å². The fourth-order valence-corrected chi connectivity index (χ4v) is 3.42. The number of hydrogen-bond acceptors (Lipinski definition) is 5. The van der Waals surface area contributed by atoms with E-state index in [0.29, 0.717) is 19.8 Å². The minimum atomic E-state index is -0.503. The van der Waals surface area contributed by atoms with Gasteiger partial charge in [0.1, 0.15) is 0 Å². The molecule has 152 valence electrons. The summed E-state index contributed by atoms with van der Waals surface area (Å²) in [5.74, 6) is 0. The van der Waals surface area contributed by atoms with Crippen molar-refractivity contribution in [2.24, 2.45) is 0 Å². The lowest BCUT2D eigenvalue weighted by Crippen LogP contribution is -2.43. The molecule has 2 aromatic carbocycles. The lowest BCUT2D eigenvalue weighted by molar-refractivity contribution is 0.00211. The zero-order chi connectivity index (χ0) is 19.4. The third-order valence-corrected chi connectivity index (χ3v) is 4.98. The van der Waals surface area contributed by atoms with Gasteiger partial charge in [-0.25, -0.2) is 0 Å². The Balaban J connectivity index is 1.46. The average Bonchev–Trinajstić information content (AvgIpc) is 2.74. The summed E-state index contributed by atoms with van der Waals surface area (Å²) >= 11 is 0. The van der Waals surface area contributed by atoms with Gasteiger partial charge in [-0.2, -0.15) is 0 Å². The van der Waals surface area contributed by atoms with E-state index in [9.17, 15) is 5.11 Å². The highest BCUT2D eigenvalue weighted by Crippen LogP contribution is 2.08. The maximum Gasteiger partial charge on any atom is 0.0900 e. The third-order valence-electron chi connectivity index (χ3n) is 4.98. The van der Waals surface area contributed by atoms with Gasteiger partial charge < -0.3 is 14.6 Å². The second-order valence-electron chi connectivity index (χ2n) is 7.33. The van der Waals surface area contributed by atoms with Crippen LogP contribution in [-0.2, 0) is 22.6 Å². The molecule has 0 aromatic heterocycles. The fourth-order valence-electron chi connectivity index (χ4n) is 3.42. The van der Waals surface area contributed by atoms with Crippen LogP contribution in [0.5, 0.6) is 0 Å². The van der Waals surface area contributed by atoms with E-state index in [2.05, 4.69) is 34.1 Å². The topological polar surface area (TPSA) is 45.2 Å². The number of benzene rings is 2. The standard InChI is InChI=1S/C23H32N2O3/c26-23(20-28-19-22-9-5-2-6-10-22)18-25(17-21-7-3-1-4-8-21)12-11-24-13-15-27-16-14-24/h1-10,23,26H,11-20H2/t23-/m0/s1. The molecule has 0 radical (unpaired) electrons. The summed E-state index contributed by atoms with van der Waals surface area (Å²) in [6, 6.07) is 20.5. The molecule has 1 N–H and O–H groups in total. The van der Waals surface area contributed by atoms with Crippen LogP contribution >= 0.6 is 0 Å². The Labute approximate surface area is 168 Å². The molecule has 1 atom stereocenters. The fraction of sp³-hybridized carbons (Fsp3) is 0.478. The van der Waals surface area contributed by atoms with E-state index in [1.165, 1.54) is 5.56 Å². The zero-order valence-electron chi connectivity index (χ0n) is 16.6. The number of rotatable bonds is 11. The van der Waals surface area contributed by atoms with Crippen molar-refractivity contribution in [1.82, 2.24) is 9.80 Å². The molecule has 0 unspecified atom stereocenters. The van der Waals surface area contributed by atoms with Gasteiger partial charge in [-0.05, 0) is 11.1 Å². The summed E-state index contributed by atoms with van der Waals surface area (Å²) in [6.45, 7) is 7.84. The number of nitrogens with zero attached hydrogens (tertiary/aromatic N) is 2. The zero-order valence-corrected chi connectivity index (χ0v) is 16.6. The molecule has 1 saturated heterocycles. The quantitative estimate of drug-likeness (QED) is 0.645. The van der Waals surface area contributed by atoms with Crippen LogP contribution in [0.15, 0.2) is 60.7 Å². The van der Waals surface area contributed by atoms with E-state index in [-0.39, 0.29) is 0 Å². The van der Waals surface area contributed by atoms with Crippen molar-refractivity contribution in [3.63, 3.8) is 0 Å². The summed E-state index contributed by atoms with van der Waals surface area (Å²) in [7, 11) is 0. The van der Waals surface area contributed by atoms with Crippen molar-refractivity contribution >= 4 is 0 Å². The molecule has 5 nitrogen and oxygen atoms in total. The molecule has 1 heterocycles. The lowest BCUT2D eigenvalue weighted by Gasteiger charge is -2.31. The Morgan fingerprint density at radius 2 is 1.61 bits per heavy atom. The molecule has 0 spiro atoms. The second-order valence-corrected chi connectivity index (χ2v) is 7.33. The van der Waals surface area contributed by atoms with Crippen LogP contribution in [0.3, 0.4) is 0 Å². The predicted octanol–water partition coefficient (Wildman–Crippen LogP) is 2.40. The molecule has 2 aromatic rings. The summed E-state index contributed by atoms with van der Waals surface area (Å²) in [6.07, 6.45) is -0.503. The summed E-state index contributed by atoms with van der Waals surface area (Å²) in [5, 5.41) is 10.5. The van der Waals surface area contributed by atoms with E-state index in [1.54, 1.807) is 0 Å². The first-order chi connectivity index (χ1) is 13.8. The van der Waals surface area contributed by atoms with E-state index < -0.39 is 6.10 Å². The summed E-state index contributed by atoms with van der Waals surface area (Å²) in [5.41, 5.74) is 2.39. The van der Waals surface area contributed by atoms with Crippen LogP contribution in [0, 0.1) is 0 Å². The highest BCUT2D eigenvalue weighted by Gasteiger charge is 2.16. The Kier molecular flexibility index (Phi) is 8.94. The molecule has 0 aliphatic carbocycles. The van der Waals surface area contributed by atoms with Gasteiger partial charge in [0.25, 0.3) is 0 Å². The van der Waals surface area contributed by atoms with Crippen molar-refractivity contribution in [3.05, 3.63) is 71.8 Å². The molecule has 1 fully saturated rings. The summed E-state index contributed by atoms with van der Waals surface area (Å²) in [4.78, 5) is 4.75. The third kappa shape index (κ3) is 7.70. The first kappa shape index (κ1) is 21.0. The maximum absolute atomic E-state index is 10.5. The van der Waals surface area contributed by atoms with Crippen LogP contribution in [-0.4, -0.2) is 73.6 Å². The Bertz CT molecular complexity index is 647. The van der Waals surface area contributed by atoms with E-state index >= 15 is 0 Å². The first-order valence-electron chi connectivity index (χ1n) is 10.2. The van der Waals surface area contributed by atoms with Gasteiger partial charge in [0.2, 0.25) is 0 Å². The molecular weight excluding hydrogens is 352 g/mol. The van der Waals surface area contributed by atoms with Gasteiger partial charge in [0.05, 0.1) is 32.5 Å². The minimum Gasteiger partial charge on any atom is -0.389 e. The molecule has 1 aliphatic rings. The van der Waals surface area contributed by atoms with Crippen molar-refractivity contribution in [2.45, 2.75) is 19.3 Å². The molecule has 0 saturated carbocycles. The molecule has 0 amide bonds. The predicted molar refractivity (Wildman–Crippen MR) is 111 cm³/mol. The highest BCUT2D eigenvalue weighted by molar-refractivity contribution is 5.14. The highest BCUT2D eigenvalue weighted by atomic mass is 16.5. The van der Waals surface area contributed by atoms with Crippen LogP contribution < -0.4 is 0 Å². The van der Waals surface area contributed by atoms with Gasteiger partial charge in [-0.15, -0.1) is 0 Å². The number of morpholine rings is 1. The number of aliphatic hydroxyl groups is 1. The average molecular weight is 385 g/mol. The second kappa shape index (κ2) is 11.9. The van der Waals surface area contributed by atoms with Crippen LogP contribution in [0.1, 0.15) is 11.1 Å². The number of ether oxygens (including phenoxy) is 2. The lowest BCUT2D eigenvalue weighted by atomic mass is 10.2. The van der Waals surface area contributed by atoms with Crippen molar-refractivity contribution < 1.29 is 14.6 Å². The first-order valence-corrected chi connectivity index (χ1v) is 10.2. The largest absolute Gasteiger partial charge is 0.389 e. The molecule has 1 aliphatic heterocycles. The number of aliphatic hydroxyl groups excluding tert-OH is 1. The Hall–Kier alpha value is -1.76. The normalized spacial score (nSPS) is 16.4. The van der Waals surface area contributed by atoms with Crippen LogP contribution in [0.4, 0.5) is 0 Å². The van der Waals surface area contributed by atoms with Crippen molar-refractivity contribution in [2.75, 3.05) is 52.5 Å². The van der Waals surface area contributed by atoms with Crippen LogP contribution in [0.25, 0.3) is 0 Å². The molecule has 5 heteroatoms. The van der Waals surface area contributed by atoms with Crippen LogP contribution in [0.2, 0.25) is 0 Å². The molecule has 3 rings (SSSR count). The van der Waals surface area contributed by atoms with E-state index in [0.717, 1.165) is 51.5 Å². The van der Waals surface area contributed by atoms with Gasteiger partial charge in [-0.3, -0.25) is 9.80 Å².